The third kappa shape index (κ3) is 7.16. The zero-order valence-corrected chi connectivity index (χ0v) is 22.1. The zero-order valence-electron chi connectivity index (χ0n) is 22.1. The lowest BCUT2D eigenvalue weighted by molar-refractivity contribution is -0.274. The molecule has 0 aromatic heterocycles. The zero-order chi connectivity index (χ0) is 28.2. The van der Waals surface area contributed by atoms with Gasteiger partial charge in [-0.15, -0.1) is 13.2 Å². The van der Waals surface area contributed by atoms with E-state index in [0.717, 1.165) is 17.7 Å². The summed E-state index contributed by atoms with van der Waals surface area (Å²) in [5.41, 5.74) is 3.98. The molecule has 1 fully saturated rings. The third-order valence-electron chi connectivity index (χ3n) is 6.90. The van der Waals surface area contributed by atoms with Crippen molar-refractivity contribution >= 4 is 23.0 Å². The largest absolute Gasteiger partial charge is 0.573 e. The molecule has 1 saturated heterocycles. The number of nitrogens with zero attached hydrogens (tertiary/aromatic N) is 3. The van der Waals surface area contributed by atoms with Crippen LogP contribution in [0.3, 0.4) is 0 Å². The summed E-state index contributed by atoms with van der Waals surface area (Å²) in [6, 6.07) is 17.5. The molecule has 0 spiro atoms. The first-order valence-corrected chi connectivity index (χ1v) is 12.9. The van der Waals surface area contributed by atoms with Crippen molar-refractivity contribution in [2.75, 3.05) is 31.1 Å². The van der Waals surface area contributed by atoms with Crippen LogP contribution in [0.1, 0.15) is 41.8 Å². The lowest BCUT2D eigenvalue weighted by atomic mass is 9.95. The molecule has 0 radical (unpaired) electrons. The van der Waals surface area contributed by atoms with Crippen molar-refractivity contribution in [1.29, 1.82) is 0 Å². The number of amides is 1. The van der Waals surface area contributed by atoms with Crippen molar-refractivity contribution in [3.05, 3.63) is 89.2 Å². The van der Waals surface area contributed by atoms with Crippen LogP contribution >= 0.6 is 0 Å². The monoisotopic (exact) mass is 541 g/mol. The summed E-state index contributed by atoms with van der Waals surface area (Å²) in [7, 11) is 0. The first-order chi connectivity index (χ1) is 18.5. The van der Waals surface area contributed by atoms with Gasteiger partial charge in [-0.25, -0.2) is 4.39 Å². The number of halogens is 4. The van der Waals surface area contributed by atoms with Crippen LogP contribution in [-0.4, -0.2) is 49.1 Å². The van der Waals surface area contributed by atoms with Gasteiger partial charge in [-0.05, 0) is 78.9 Å². The maximum Gasteiger partial charge on any atom is 0.573 e. The minimum Gasteiger partial charge on any atom is -0.406 e. The van der Waals surface area contributed by atoms with Crippen LogP contribution < -0.4 is 9.64 Å². The molecule has 1 unspecified atom stereocenters. The number of aliphatic imine (C=N–C) groups is 1. The molecule has 1 aliphatic heterocycles. The number of benzene rings is 3. The topological polar surface area (TPSA) is 45.1 Å². The van der Waals surface area contributed by atoms with Gasteiger partial charge in [0.2, 0.25) is 0 Å². The van der Waals surface area contributed by atoms with Crippen molar-refractivity contribution in [2.45, 2.75) is 33.6 Å². The fourth-order valence-corrected chi connectivity index (χ4v) is 4.50. The van der Waals surface area contributed by atoms with Gasteiger partial charge in [-0.1, -0.05) is 32.0 Å². The maximum atomic E-state index is 13.4. The van der Waals surface area contributed by atoms with E-state index in [9.17, 15) is 22.4 Å². The van der Waals surface area contributed by atoms with Gasteiger partial charge in [0.05, 0.1) is 11.4 Å². The molecule has 39 heavy (non-hydrogen) atoms. The fraction of sp³-hybridized carbons (Fsp3) is 0.333. The molecule has 0 saturated carbocycles. The molecule has 1 aliphatic rings. The molecular formula is C30H31F4N3O2. The van der Waals surface area contributed by atoms with E-state index in [1.807, 2.05) is 26.8 Å². The van der Waals surface area contributed by atoms with Crippen LogP contribution in [0.4, 0.5) is 28.9 Å². The molecule has 0 aliphatic carbocycles. The number of rotatable bonds is 7. The van der Waals surface area contributed by atoms with Crippen molar-refractivity contribution in [1.82, 2.24) is 4.90 Å². The summed E-state index contributed by atoms with van der Waals surface area (Å²) in [5, 5.41) is 0. The van der Waals surface area contributed by atoms with Gasteiger partial charge < -0.3 is 14.5 Å². The molecule has 0 N–H and O–H groups in total. The lowest BCUT2D eigenvalue weighted by Gasteiger charge is -2.36. The van der Waals surface area contributed by atoms with Crippen molar-refractivity contribution < 1.29 is 27.1 Å². The standard InChI is InChI=1S/C30H31F4N3O2/c1-4-20(2)28(22-6-5-7-26(18-22)39-30(32,33)34)35-27-19-23(9-8-21(27)3)29(38)37-16-14-36(15-17-37)25-12-10-24(31)11-13-25/h5-13,18-20H,4,14-17H2,1-3H3. The normalized spacial score (nSPS) is 15.3. The predicted molar refractivity (Wildman–Crippen MR) is 144 cm³/mol. The Morgan fingerprint density at radius 1 is 0.974 bits per heavy atom. The summed E-state index contributed by atoms with van der Waals surface area (Å²) in [4.78, 5) is 22.1. The van der Waals surface area contributed by atoms with Gasteiger partial charge in [-0.3, -0.25) is 9.79 Å². The molecule has 1 heterocycles. The van der Waals surface area contributed by atoms with E-state index < -0.39 is 6.36 Å². The first-order valence-electron chi connectivity index (χ1n) is 12.9. The van der Waals surface area contributed by atoms with Crippen LogP contribution in [0.5, 0.6) is 5.75 Å². The second-order valence-electron chi connectivity index (χ2n) is 9.64. The number of hydrogen-bond acceptors (Lipinski definition) is 4. The number of carbonyl (C=O) groups excluding carboxylic acids is 1. The quantitative estimate of drug-likeness (QED) is 0.236. The van der Waals surface area contributed by atoms with Crippen LogP contribution in [0, 0.1) is 18.7 Å². The Labute approximate surface area is 225 Å². The van der Waals surface area contributed by atoms with Crippen LogP contribution in [0.15, 0.2) is 71.7 Å². The van der Waals surface area contributed by atoms with E-state index in [-0.39, 0.29) is 23.4 Å². The Bertz CT molecular complexity index is 1330. The summed E-state index contributed by atoms with van der Waals surface area (Å²) in [6.07, 6.45) is -4.07. The number of hydrogen-bond donors (Lipinski definition) is 0. The van der Waals surface area contributed by atoms with Gasteiger partial charge in [0.1, 0.15) is 11.6 Å². The Morgan fingerprint density at radius 2 is 1.67 bits per heavy atom. The van der Waals surface area contributed by atoms with Crippen molar-refractivity contribution in [2.24, 2.45) is 10.9 Å². The highest BCUT2D eigenvalue weighted by molar-refractivity contribution is 6.04. The molecule has 0 bridgehead atoms. The number of alkyl halides is 3. The van der Waals surface area contributed by atoms with E-state index >= 15 is 0 Å². The van der Waals surface area contributed by atoms with Gasteiger partial charge in [0.25, 0.3) is 5.91 Å². The number of carbonyl (C=O) groups is 1. The molecule has 1 atom stereocenters. The Hall–Kier alpha value is -3.88. The van der Waals surface area contributed by atoms with E-state index in [0.29, 0.717) is 48.7 Å². The Kier molecular flexibility index (Phi) is 8.57. The highest BCUT2D eigenvalue weighted by atomic mass is 19.4. The van der Waals surface area contributed by atoms with Crippen LogP contribution in [0.25, 0.3) is 0 Å². The van der Waals surface area contributed by atoms with Crippen LogP contribution in [0.2, 0.25) is 0 Å². The minimum absolute atomic E-state index is 0.0515. The Morgan fingerprint density at radius 3 is 2.31 bits per heavy atom. The average Bonchev–Trinajstić information content (AvgIpc) is 2.91. The highest BCUT2D eigenvalue weighted by Crippen LogP contribution is 2.28. The van der Waals surface area contributed by atoms with E-state index in [1.165, 1.54) is 30.3 Å². The molecular weight excluding hydrogens is 510 g/mol. The summed E-state index contributed by atoms with van der Waals surface area (Å²) >= 11 is 0. The maximum absolute atomic E-state index is 13.4. The summed E-state index contributed by atoms with van der Waals surface area (Å²) < 4.78 is 55.7. The second-order valence-corrected chi connectivity index (χ2v) is 9.64. The van der Waals surface area contributed by atoms with E-state index in [2.05, 4.69) is 9.64 Å². The summed E-state index contributed by atoms with van der Waals surface area (Å²) in [6.45, 7) is 8.12. The van der Waals surface area contributed by atoms with Crippen molar-refractivity contribution in [3.63, 3.8) is 0 Å². The van der Waals surface area contributed by atoms with Crippen LogP contribution in [-0.2, 0) is 0 Å². The minimum atomic E-state index is -4.79. The number of piperazine rings is 1. The van der Waals surface area contributed by atoms with Crippen molar-refractivity contribution in [3.8, 4) is 5.75 Å². The molecule has 3 aromatic rings. The second kappa shape index (κ2) is 11.9. The molecule has 4 rings (SSSR count). The number of aryl methyl sites for hydroxylation is 1. The van der Waals surface area contributed by atoms with E-state index in [4.69, 9.17) is 4.99 Å². The SMILES string of the molecule is CCC(C)C(=Nc1cc(C(=O)N2CCN(c3ccc(F)cc3)CC2)ccc1C)c1cccc(OC(F)(F)F)c1. The highest BCUT2D eigenvalue weighted by Gasteiger charge is 2.31. The van der Waals surface area contributed by atoms with Gasteiger partial charge in [0, 0.05) is 37.4 Å². The summed E-state index contributed by atoms with van der Waals surface area (Å²) in [5.74, 6) is -0.763. The van der Waals surface area contributed by atoms with E-state index in [1.54, 1.807) is 35.2 Å². The molecule has 5 nitrogen and oxygen atoms in total. The Balaban J connectivity index is 1.56. The number of anilines is 1. The molecule has 206 valence electrons. The molecule has 3 aromatic carbocycles. The first kappa shape index (κ1) is 28.1. The molecule has 9 heteroatoms. The van der Waals surface area contributed by atoms with Gasteiger partial charge in [0.15, 0.2) is 0 Å². The predicted octanol–water partition coefficient (Wildman–Crippen LogP) is 7.16. The fourth-order valence-electron chi connectivity index (χ4n) is 4.50. The molecule has 1 amide bonds. The smallest absolute Gasteiger partial charge is 0.406 e. The van der Waals surface area contributed by atoms with Gasteiger partial charge >= 0.3 is 6.36 Å². The lowest BCUT2D eigenvalue weighted by Crippen LogP contribution is -2.48. The number of ether oxygens (including phenoxy) is 1. The third-order valence-corrected chi connectivity index (χ3v) is 6.90. The average molecular weight is 542 g/mol. The van der Waals surface area contributed by atoms with Gasteiger partial charge in [-0.2, -0.15) is 0 Å².